The Labute approximate surface area is 95.1 Å². The Morgan fingerprint density at radius 2 is 1.65 bits per heavy atom. The SMILES string of the molecule is NC(=O)c1cc(F)c(-c2cncnc2)c(F)c1. The van der Waals surface area contributed by atoms with Crippen LogP contribution in [0, 0.1) is 11.6 Å². The zero-order chi connectivity index (χ0) is 12.4. The van der Waals surface area contributed by atoms with E-state index in [0.29, 0.717) is 0 Å². The fourth-order valence-corrected chi connectivity index (χ4v) is 1.42. The third-order valence-electron chi connectivity index (χ3n) is 2.18. The summed E-state index contributed by atoms with van der Waals surface area (Å²) in [5.74, 6) is -2.65. The topological polar surface area (TPSA) is 68.9 Å². The van der Waals surface area contributed by atoms with Gasteiger partial charge in [0.25, 0.3) is 0 Å². The van der Waals surface area contributed by atoms with Crippen LogP contribution in [0.4, 0.5) is 8.78 Å². The lowest BCUT2D eigenvalue weighted by Gasteiger charge is -2.05. The van der Waals surface area contributed by atoms with Gasteiger partial charge in [0, 0.05) is 23.5 Å². The van der Waals surface area contributed by atoms with Gasteiger partial charge in [-0.2, -0.15) is 0 Å². The van der Waals surface area contributed by atoms with Crippen molar-refractivity contribution >= 4 is 5.91 Å². The van der Waals surface area contributed by atoms with Gasteiger partial charge in [0.2, 0.25) is 5.91 Å². The predicted octanol–water partition coefficient (Wildman–Crippen LogP) is 1.52. The lowest BCUT2D eigenvalue weighted by molar-refractivity contribution is 0.0999. The molecule has 0 saturated heterocycles. The number of benzene rings is 1. The van der Waals surface area contributed by atoms with Crippen LogP contribution in [0.5, 0.6) is 0 Å². The number of halogens is 2. The molecule has 0 aliphatic heterocycles. The van der Waals surface area contributed by atoms with Gasteiger partial charge in [0.1, 0.15) is 18.0 Å². The van der Waals surface area contributed by atoms with E-state index in [4.69, 9.17) is 5.73 Å². The standard InChI is InChI=1S/C11H7F2N3O/c12-8-1-6(11(14)17)2-9(13)10(8)7-3-15-5-16-4-7/h1-5H,(H2,14,17). The number of rotatable bonds is 2. The number of hydrogen-bond donors (Lipinski definition) is 1. The molecular weight excluding hydrogens is 228 g/mol. The second-order valence-corrected chi connectivity index (χ2v) is 3.31. The van der Waals surface area contributed by atoms with Gasteiger partial charge < -0.3 is 5.73 Å². The molecule has 0 radical (unpaired) electrons. The van der Waals surface area contributed by atoms with E-state index in [1.807, 2.05) is 0 Å². The first-order chi connectivity index (χ1) is 8.09. The molecular formula is C11H7F2N3O. The number of nitrogens with two attached hydrogens (primary N) is 1. The van der Waals surface area contributed by atoms with Gasteiger partial charge >= 0.3 is 0 Å². The summed E-state index contributed by atoms with van der Waals surface area (Å²) in [6.07, 6.45) is 3.80. The summed E-state index contributed by atoms with van der Waals surface area (Å²) in [6, 6.07) is 1.77. The molecule has 0 aliphatic carbocycles. The van der Waals surface area contributed by atoms with Crippen LogP contribution in [0.15, 0.2) is 30.9 Å². The highest BCUT2D eigenvalue weighted by Gasteiger charge is 2.15. The quantitative estimate of drug-likeness (QED) is 0.857. The molecule has 6 heteroatoms. The fourth-order valence-electron chi connectivity index (χ4n) is 1.42. The van der Waals surface area contributed by atoms with Gasteiger partial charge in [-0.3, -0.25) is 4.79 Å². The van der Waals surface area contributed by atoms with Gasteiger partial charge in [0.15, 0.2) is 0 Å². The summed E-state index contributed by atoms with van der Waals surface area (Å²) in [7, 11) is 0. The van der Waals surface area contributed by atoms with Crippen molar-refractivity contribution in [1.29, 1.82) is 0 Å². The number of primary amides is 1. The molecule has 4 nitrogen and oxygen atoms in total. The van der Waals surface area contributed by atoms with E-state index >= 15 is 0 Å². The number of aromatic nitrogens is 2. The molecule has 1 amide bonds. The van der Waals surface area contributed by atoms with E-state index in [1.54, 1.807) is 0 Å². The van der Waals surface area contributed by atoms with Crippen molar-refractivity contribution in [1.82, 2.24) is 9.97 Å². The van der Waals surface area contributed by atoms with E-state index < -0.39 is 17.5 Å². The maximum absolute atomic E-state index is 13.7. The monoisotopic (exact) mass is 235 g/mol. The third kappa shape index (κ3) is 2.10. The number of amides is 1. The molecule has 0 unspecified atom stereocenters. The molecule has 0 fully saturated rings. The van der Waals surface area contributed by atoms with Crippen LogP contribution in [-0.2, 0) is 0 Å². The highest BCUT2D eigenvalue weighted by atomic mass is 19.1. The minimum atomic E-state index is -0.890. The highest BCUT2D eigenvalue weighted by Crippen LogP contribution is 2.25. The second kappa shape index (κ2) is 4.25. The maximum atomic E-state index is 13.7. The molecule has 2 rings (SSSR count). The van der Waals surface area contributed by atoms with Gasteiger partial charge in [-0.05, 0) is 12.1 Å². The summed E-state index contributed by atoms with van der Waals surface area (Å²) in [5.41, 5.74) is 4.63. The Morgan fingerprint density at radius 1 is 1.12 bits per heavy atom. The molecule has 1 heterocycles. The largest absolute Gasteiger partial charge is 0.366 e. The molecule has 0 spiro atoms. The first-order valence-electron chi connectivity index (χ1n) is 4.64. The molecule has 0 atom stereocenters. The van der Waals surface area contributed by atoms with Crippen LogP contribution in [0.3, 0.4) is 0 Å². The Bertz CT molecular complexity index is 549. The number of carbonyl (C=O) groups excluding carboxylic acids is 1. The molecule has 1 aromatic carbocycles. The normalized spacial score (nSPS) is 10.2. The van der Waals surface area contributed by atoms with Crippen molar-refractivity contribution in [3.63, 3.8) is 0 Å². The Morgan fingerprint density at radius 3 is 2.12 bits per heavy atom. The predicted molar refractivity (Wildman–Crippen MR) is 55.9 cm³/mol. The van der Waals surface area contributed by atoms with E-state index in [0.717, 1.165) is 12.1 Å². The van der Waals surface area contributed by atoms with Crippen LogP contribution in [0.2, 0.25) is 0 Å². The first kappa shape index (κ1) is 11.1. The summed E-state index contributed by atoms with van der Waals surface area (Å²) >= 11 is 0. The van der Waals surface area contributed by atoms with Crippen molar-refractivity contribution in [3.8, 4) is 11.1 Å². The Balaban J connectivity index is 2.61. The molecule has 17 heavy (non-hydrogen) atoms. The Hall–Kier alpha value is -2.37. The van der Waals surface area contributed by atoms with Crippen LogP contribution >= 0.6 is 0 Å². The molecule has 0 aliphatic rings. The number of carbonyl (C=O) groups is 1. The van der Waals surface area contributed by atoms with E-state index in [-0.39, 0.29) is 16.7 Å². The lowest BCUT2D eigenvalue weighted by atomic mass is 10.0. The van der Waals surface area contributed by atoms with E-state index in [1.165, 1.54) is 18.7 Å². The van der Waals surface area contributed by atoms with Crippen molar-refractivity contribution in [2.75, 3.05) is 0 Å². The van der Waals surface area contributed by atoms with Gasteiger partial charge in [-0.1, -0.05) is 0 Å². The molecule has 2 N–H and O–H groups in total. The van der Waals surface area contributed by atoms with E-state index in [9.17, 15) is 13.6 Å². The third-order valence-corrected chi connectivity index (χ3v) is 2.18. The summed E-state index contributed by atoms with van der Waals surface area (Å²) in [4.78, 5) is 18.1. The minimum Gasteiger partial charge on any atom is -0.366 e. The van der Waals surface area contributed by atoms with Crippen molar-refractivity contribution < 1.29 is 13.6 Å². The van der Waals surface area contributed by atoms with Crippen molar-refractivity contribution in [2.45, 2.75) is 0 Å². The summed E-state index contributed by atoms with van der Waals surface area (Å²) in [6.45, 7) is 0. The highest BCUT2D eigenvalue weighted by molar-refractivity contribution is 5.93. The maximum Gasteiger partial charge on any atom is 0.248 e. The number of hydrogen-bond acceptors (Lipinski definition) is 3. The average molecular weight is 235 g/mol. The Kier molecular flexibility index (Phi) is 2.78. The smallest absolute Gasteiger partial charge is 0.248 e. The molecule has 86 valence electrons. The summed E-state index contributed by atoms with van der Waals surface area (Å²) in [5, 5.41) is 0. The molecule has 0 bridgehead atoms. The zero-order valence-corrected chi connectivity index (χ0v) is 8.52. The van der Waals surface area contributed by atoms with Crippen molar-refractivity contribution in [3.05, 3.63) is 48.1 Å². The van der Waals surface area contributed by atoms with E-state index in [2.05, 4.69) is 9.97 Å². The van der Waals surface area contributed by atoms with Crippen LogP contribution < -0.4 is 5.73 Å². The van der Waals surface area contributed by atoms with Crippen LogP contribution in [0.25, 0.3) is 11.1 Å². The lowest BCUT2D eigenvalue weighted by Crippen LogP contribution is -2.12. The first-order valence-corrected chi connectivity index (χ1v) is 4.64. The van der Waals surface area contributed by atoms with Gasteiger partial charge in [0.05, 0.1) is 5.56 Å². The fraction of sp³-hybridized carbons (Fsp3) is 0. The minimum absolute atomic E-state index is 0.193. The average Bonchev–Trinajstić information content (AvgIpc) is 2.29. The number of nitrogens with zero attached hydrogens (tertiary/aromatic N) is 2. The second-order valence-electron chi connectivity index (χ2n) is 3.31. The van der Waals surface area contributed by atoms with Crippen molar-refractivity contribution in [2.24, 2.45) is 5.73 Å². The van der Waals surface area contributed by atoms with Crippen LogP contribution in [0.1, 0.15) is 10.4 Å². The molecule has 1 aromatic heterocycles. The molecule has 0 saturated carbocycles. The summed E-state index contributed by atoms with van der Waals surface area (Å²) < 4.78 is 27.3. The van der Waals surface area contributed by atoms with Gasteiger partial charge in [-0.15, -0.1) is 0 Å². The van der Waals surface area contributed by atoms with Crippen LogP contribution in [-0.4, -0.2) is 15.9 Å². The van der Waals surface area contributed by atoms with Gasteiger partial charge in [-0.25, -0.2) is 18.7 Å². The zero-order valence-electron chi connectivity index (χ0n) is 8.52. The molecule has 2 aromatic rings.